The van der Waals surface area contributed by atoms with Gasteiger partial charge in [-0.2, -0.15) is 0 Å². The van der Waals surface area contributed by atoms with E-state index in [1.54, 1.807) is 26.4 Å². The Balaban J connectivity index is 1.62. The fourth-order valence-corrected chi connectivity index (χ4v) is 5.11. The predicted octanol–water partition coefficient (Wildman–Crippen LogP) is 6.48. The molecule has 5 nitrogen and oxygen atoms in total. The van der Waals surface area contributed by atoms with Crippen LogP contribution in [0.3, 0.4) is 0 Å². The Bertz CT molecular complexity index is 1290. The first kappa shape index (κ1) is 22.3. The number of nitrogens with one attached hydrogen (secondary N) is 2. The molecule has 0 amide bonds. The first-order valence-corrected chi connectivity index (χ1v) is 11.4. The van der Waals surface area contributed by atoms with Gasteiger partial charge in [0.25, 0.3) is 0 Å². The Morgan fingerprint density at radius 1 is 0.941 bits per heavy atom. The number of halogens is 2. The lowest BCUT2D eigenvalue weighted by atomic mass is 9.78. The van der Waals surface area contributed by atoms with Crippen LogP contribution in [0.15, 0.2) is 71.9 Å². The molecule has 1 heterocycles. The Morgan fingerprint density at radius 2 is 1.71 bits per heavy atom. The molecule has 0 spiro atoms. The molecule has 0 radical (unpaired) electrons. The van der Waals surface area contributed by atoms with Gasteiger partial charge in [-0.1, -0.05) is 35.9 Å². The normalized spacial score (nSPS) is 19.4. The van der Waals surface area contributed by atoms with Gasteiger partial charge < -0.3 is 20.1 Å². The van der Waals surface area contributed by atoms with Crippen LogP contribution in [0.1, 0.15) is 35.9 Å². The number of methoxy groups -OCH3 is 2. The number of para-hydroxylation sites is 2. The van der Waals surface area contributed by atoms with Crippen molar-refractivity contribution in [2.45, 2.75) is 24.8 Å². The van der Waals surface area contributed by atoms with Crippen molar-refractivity contribution in [2.24, 2.45) is 0 Å². The van der Waals surface area contributed by atoms with Crippen LogP contribution < -0.4 is 20.1 Å². The van der Waals surface area contributed by atoms with Gasteiger partial charge >= 0.3 is 0 Å². The number of carbonyl (C=O) groups is 1. The fourth-order valence-electron chi connectivity index (χ4n) is 4.84. The summed E-state index contributed by atoms with van der Waals surface area (Å²) < 4.78 is 25.8. The van der Waals surface area contributed by atoms with E-state index in [1.807, 2.05) is 42.5 Å². The van der Waals surface area contributed by atoms with E-state index in [0.29, 0.717) is 23.5 Å². The Labute approximate surface area is 202 Å². The zero-order chi connectivity index (χ0) is 23.8. The second-order valence-corrected chi connectivity index (χ2v) is 8.83. The highest BCUT2D eigenvalue weighted by Gasteiger charge is 2.38. The SMILES string of the molecule is COc1ccc(C2CC(=O)C3=C(C2)Nc2ccccc2NC3c2c(F)cccc2Cl)cc1OC. The molecule has 7 heteroatoms. The Kier molecular flexibility index (Phi) is 5.92. The third-order valence-electron chi connectivity index (χ3n) is 6.48. The van der Waals surface area contributed by atoms with Crippen molar-refractivity contribution in [1.29, 1.82) is 0 Å². The highest BCUT2D eigenvalue weighted by Crippen LogP contribution is 2.46. The predicted molar refractivity (Wildman–Crippen MR) is 131 cm³/mol. The molecule has 1 aliphatic heterocycles. The highest BCUT2D eigenvalue weighted by molar-refractivity contribution is 6.31. The maximum atomic E-state index is 15.0. The minimum absolute atomic E-state index is 0.0573. The lowest BCUT2D eigenvalue weighted by molar-refractivity contribution is -0.116. The van der Waals surface area contributed by atoms with Gasteiger partial charge in [-0.3, -0.25) is 4.79 Å². The van der Waals surface area contributed by atoms with Crippen LogP contribution in [-0.4, -0.2) is 20.0 Å². The maximum absolute atomic E-state index is 15.0. The molecule has 0 fully saturated rings. The van der Waals surface area contributed by atoms with Crippen LogP contribution in [-0.2, 0) is 4.79 Å². The average Bonchev–Trinajstić information content (AvgIpc) is 3.00. The fraction of sp³-hybridized carbons (Fsp3) is 0.222. The largest absolute Gasteiger partial charge is 0.493 e. The zero-order valence-electron chi connectivity index (χ0n) is 18.8. The number of anilines is 2. The number of rotatable bonds is 4. The van der Waals surface area contributed by atoms with Crippen LogP contribution in [0, 0.1) is 5.82 Å². The molecule has 5 rings (SSSR count). The Morgan fingerprint density at radius 3 is 2.44 bits per heavy atom. The van der Waals surface area contributed by atoms with Gasteiger partial charge in [0.1, 0.15) is 5.82 Å². The lowest BCUT2D eigenvalue weighted by Crippen LogP contribution is -2.27. The standard InChI is InChI=1S/C27H24ClFN2O3/c1-33-23-11-10-15(14-24(23)34-2)16-12-21-26(22(32)13-16)27(25-17(28)6-5-7-18(25)29)31-20-9-4-3-8-19(20)30-21/h3-11,14,16,27,30-31H,12-13H2,1-2H3. The molecule has 3 aromatic carbocycles. The molecule has 2 N–H and O–H groups in total. The number of benzene rings is 3. The quantitative estimate of drug-likeness (QED) is 0.449. The van der Waals surface area contributed by atoms with E-state index >= 15 is 4.39 Å². The van der Waals surface area contributed by atoms with Gasteiger partial charge in [0.05, 0.1) is 31.6 Å². The summed E-state index contributed by atoms with van der Waals surface area (Å²) in [5, 5.41) is 7.11. The molecule has 174 valence electrons. The molecule has 0 bridgehead atoms. The summed E-state index contributed by atoms with van der Waals surface area (Å²) in [4.78, 5) is 13.6. The number of fused-ring (bicyclic) bond motifs is 1. The number of hydrogen-bond donors (Lipinski definition) is 2. The van der Waals surface area contributed by atoms with E-state index in [-0.39, 0.29) is 28.7 Å². The highest BCUT2D eigenvalue weighted by atomic mass is 35.5. The Hall–Kier alpha value is -3.51. The minimum atomic E-state index is -0.710. The van der Waals surface area contributed by atoms with Crippen LogP contribution in [0.4, 0.5) is 15.8 Å². The summed E-state index contributed by atoms with van der Waals surface area (Å²) in [6.45, 7) is 0. The molecule has 1 aliphatic carbocycles. The number of Topliss-reactive ketones (excluding diaryl/α,β-unsaturated/α-hetero) is 1. The van der Waals surface area contributed by atoms with E-state index in [4.69, 9.17) is 21.1 Å². The summed E-state index contributed by atoms with van der Waals surface area (Å²) in [6, 6.07) is 17.2. The van der Waals surface area contributed by atoms with Gasteiger partial charge in [-0.15, -0.1) is 0 Å². The second-order valence-electron chi connectivity index (χ2n) is 8.42. The van der Waals surface area contributed by atoms with E-state index < -0.39 is 11.9 Å². The molecular weight excluding hydrogens is 455 g/mol. The van der Waals surface area contributed by atoms with Crippen molar-refractivity contribution in [3.63, 3.8) is 0 Å². The second kappa shape index (κ2) is 9.03. The molecule has 2 aliphatic rings. The monoisotopic (exact) mass is 478 g/mol. The molecule has 2 atom stereocenters. The topological polar surface area (TPSA) is 59.6 Å². The van der Waals surface area contributed by atoms with Crippen molar-refractivity contribution >= 4 is 28.8 Å². The van der Waals surface area contributed by atoms with Crippen molar-refractivity contribution in [3.8, 4) is 11.5 Å². The average molecular weight is 479 g/mol. The molecule has 2 unspecified atom stereocenters. The van der Waals surface area contributed by atoms with Crippen molar-refractivity contribution < 1.29 is 18.7 Å². The minimum Gasteiger partial charge on any atom is -0.493 e. The molecule has 34 heavy (non-hydrogen) atoms. The first-order chi connectivity index (χ1) is 16.5. The van der Waals surface area contributed by atoms with Crippen molar-refractivity contribution in [2.75, 3.05) is 24.9 Å². The van der Waals surface area contributed by atoms with Crippen LogP contribution >= 0.6 is 11.6 Å². The van der Waals surface area contributed by atoms with Crippen LogP contribution in [0.25, 0.3) is 0 Å². The summed E-state index contributed by atoms with van der Waals surface area (Å²) >= 11 is 6.45. The van der Waals surface area contributed by atoms with E-state index in [9.17, 15) is 4.79 Å². The smallest absolute Gasteiger partial charge is 0.163 e. The third kappa shape index (κ3) is 3.88. The van der Waals surface area contributed by atoms with E-state index in [2.05, 4.69) is 10.6 Å². The lowest BCUT2D eigenvalue weighted by Gasteiger charge is -2.30. The number of ketones is 1. The molecular formula is C27H24ClFN2O3. The molecule has 0 saturated carbocycles. The van der Waals surface area contributed by atoms with Gasteiger partial charge in [0.15, 0.2) is 17.3 Å². The van der Waals surface area contributed by atoms with Gasteiger partial charge in [0.2, 0.25) is 0 Å². The van der Waals surface area contributed by atoms with E-state index in [1.165, 1.54) is 6.07 Å². The summed E-state index contributed by atoms with van der Waals surface area (Å²) in [5.41, 5.74) is 4.12. The van der Waals surface area contributed by atoms with Crippen molar-refractivity contribution in [3.05, 3.63) is 93.9 Å². The number of allylic oxidation sites excluding steroid dienone is 1. The van der Waals surface area contributed by atoms with E-state index in [0.717, 1.165) is 22.6 Å². The first-order valence-electron chi connectivity index (χ1n) is 11.0. The zero-order valence-corrected chi connectivity index (χ0v) is 19.6. The van der Waals surface area contributed by atoms with Gasteiger partial charge in [-0.25, -0.2) is 4.39 Å². The van der Waals surface area contributed by atoms with Crippen LogP contribution in [0.2, 0.25) is 5.02 Å². The summed E-state index contributed by atoms with van der Waals surface area (Å²) in [5.74, 6) is 0.669. The molecule has 0 saturated heterocycles. The van der Waals surface area contributed by atoms with Crippen molar-refractivity contribution in [1.82, 2.24) is 0 Å². The molecule has 3 aromatic rings. The third-order valence-corrected chi connectivity index (χ3v) is 6.81. The molecule has 0 aromatic heterocycles. The summed E-state index contributed by atoms with van der Waals surface area (Å²) in [7, 11) is 3.18. The maximum Gasteiger partial charge on any atom is 0.163 e. The van der Waals surface area contributed by atoms with Crippen LogP contribution in [0.5, 0.6) is 11.5 Å². The summed E-state index contributed by atoms with van der Waals surface area (Å²) in [6.07, 6.45) is 0.867. The van der Waals surface area contributed by atoms with Gasteiger partial charge in [-0.05, 0) is 54.3 Å². The van der Waals surface area contributed by atoms with Gasteiger partial charge in [0, 0.05) is 28.3 Å². The number of ether oxygens (including phenoxy) is 2. The number of hydrogen-bond acceptors (Lipinski definition) is 5. The number of carbonyl (C=O) groups excluding carboxylic acids is 1.